The summed E-state index contributed by atoms with van der Waals surface area (Å²) in [6, 6.07) is -0.213. The Labute approximate surface area is 131 Å². The van der Waals surface area contributed by atoms with E-state index in [4.69, 9.17) is 0 Å². The topological polar surface area (TPSA) is 84.3 Å². The van der Waals surface area contributed by atoms with Crippen LogP contribution in [0.15, 0.2) is 6.20 Å². The van der Waals surface area contributed by atoms with E-state index in [0.717, 1.165) is 0 Å². The quantitative estimate of drug-likeness (QED) is 0.861. The van der Waals surface area contributed by atoms with Crippen LogP contribution in [0.1, 0.15) is 45.3 Å². The monoisotopic (exact) mass is 328 g/mol. The largest absolute Gasteiger partial charge is 0.354 e. The molecule has 2 heterocycles. The second kappa shape index (κ2) is 6.37. The predicted molar refractivity (Wildman–Crippen MR) is 83.8 cm³/mol. The predicted octanol–water partition coefficient (Wildman–Crippen LogP) is 0.676. The van der Waals surface area contributed by atoms with Crippen molar-refractivity contribution in [3.05, 3.63) is 17.7 Å². The van der Waals surface area contributed by atoms with Crippen LogP contribution in [0, 0.1) is 0 Å². The number of nitrogens with one attached hydrogen (secondary N) is 1. The van der Waals surface area contributed by atoms with Crippen LogP contribution in [-0.4, -0.2) is 46.5 Å². The number of sulfonamides is 1. The van der Waals surface area contributed by atoms with Gasteiger partial charge >= 0.3 is 0 Å². The lowest BCUT2D eigenvalue weighted by molar-refractivity contribution is -0.120. The molecule has 1 aliphatic heterocycles. The highest BCUT2D eigenvalue weighted by Gasteiger charge is 2.33. The molecule has 0 radical (unpaired) electrons. The van der Waals surface area contributed by atoms with Crippen LogP contribution in [-0.2, 0) is 27.8 Å². The van der Waals surface area contributed by atoms with Gasteiger partial charge in [-0.3, -0.25) is 4.79 Å². The Balaban J connectivity index is 2.17. The number of fused-ring (bicyclic) bond motifs is 1. The molecule has 1 atom stereocenters. The molecular weight excluding hydrogens is 304 g/mol. The molecule has 1 aromatic heterocycles. The van der Waals surface area contributed by atoms with E-state index in [2.05, 4.69) is 10.3 Å². The van der Waals surface area contributed by atoms with Crippen molar-refractivity contribution in [2.75, 3.05) is 12.3 Å². The highest BCUT2D eigenvalue weighted by Crippen LogP contribution is 2.27. The molecule has 0 saturated heterocycles. The molecule has 7 nitrogen and oxygen atoms in total. The van der Waals surface area contributed by atoms with Crippen molar-refractivity contribution < 1.29 is 13.2 Å². The summed E-state index contributed by atoms with van der Waals surface area (Å²) in [4.78, 5) is 16.3. The minimum Gasteiger partial charge on any atom is -0.354 e. The first kappa shape index (κ1) is 17.0. The minimum absolute atomic E-state index is 0.0730. The van der Waals surface area contributed by atoms with E-state index in [1.54, 1.807) is 6.92 Å². The smallest absolute Gasteiger partial charge is 0.226 e. The first-order valence-corrected chi connectivity index (χ1v) is 9.20. The van der Waals surface area contributed by atoms with Gasteiger partial charge in [0.2, 0.25) is 15.9 Å². The fourth-order valence-electron chi connectivity index (χ4n) is 2.70. The highest BCUT2D eigenvalue weighted by atomic mass is 32.2. The zero-order chi connectivity index (χ0) is 16.5. The van der Waals surface area contributed by atoms with Crippen molar-refractivity contribution in [1.29, 1.82) is 0 Å². The summed E-state index contributed by atoms with van der Waals surface area (Å²) < 4.78 is 27.7. The second-order valence-corrected chi connectivity index (χ2v) is 8.08. The normalized spacial score (nSPS) is 19.2. The maximum atomic E-state index is 12.1. The third-order valence-corrected chi connectivity index (χ3v) is 5.68. The lowest BCUT2D eigenvalue weighted by Crippen LogP contribution is -2.41. The van der Waals surface area contributed by atoms with Gasteiger partial charge in [-0.05, 0) is 27.7 Å². The number of nitrogens with zero attached hydrogens (tertiary/aromatic N) is 3. The molecule has 1 aromatic rings. The van der Waals surface area contributed by atoms with Crippen LogP contribution in [0.4, 0.5) is 0 Å². The lowest BCUT2D eigenvalue weighted by Gasteiger charge is -2.32. The third-order valence-electron chi connectivity index (χ3n) is 3.74. The summed E-state index contributed by atoms with van der Waals surface area (Å²) >= 11 is 0. The van der Waals surface area contributed by atoms with Gasteiger partial charge in [0.25, 0.3) is 0 Å². The van der Waals surface area contributed by atoms with Crippen LogP contribution in [0.3, 0.4) is 0 Å². The van der Waals surface area contributed by atoms with Gasteiger partial charge in [0, 0.05) is 25.3 Å². The Kier molecular flexibility index (Phi) is 4.91. The van der Waals surface area contributed by atoms with Crippen molar-refractivity contribution in [2.45, 2.75) is 52.7 Å². The zero-order valence-electron chi connectivity index (χ0n) is 13.5. The van der Waals surface area contributed by atoms with Gasteiger partial charge in [0.15, 0.2) is 0 Å². The van der Waals surface area contributed by atoms with Crippen molar-refractivity contribution in [2.24, 2.45) is 0 Å². The Morgan fingerprint density at radius 3 is 2.73 bits per heavy atom. The van der Waals surface area contributed by atoms with E-state index in [9.17, 15) is 13.2 Å². The molecule has 0 spiro atoms. The Morgan fingerprint density at radius 1 is 1.45 bits per heavy atom. The SMILES string of the molecule is CCS(=O)(=O)N1CCn2cc(CC(=O)NC(C)C)nc2C1C. The summed E-state index contributed by atoms with van der Waals surface area (Å²) in [5, 5.41) is 2.83. The molecule has 1 amide bonds. The molecule has 1 aliphatic rings. The van der Waals surface area contributed by atoms with E-state index in [1.165, 1.54) is 4.31 Å². The molecule has 0 fully saturated rings. The fourth-order valence-corrected chi connectivity index (χ4v) is 3.96. The average Bonchev–Trinajstić information content (AvgIpc) is 2.81. The molecule has 1 unspecified atom stereocenters. The second-order valence-electron chi connectivity index (χ2n) is 5.87. The summed E-state index contributed by atoms with van der Waals surface area (Å²) in [6.45, 7) is 8.31. The Bertz CT molecular complexity index is 651. The number of imidazole rings is 1. The maximum absolute atomic E-state index is 12.1. The van der Waals surface area contributed by atoms with Gasteiger partial charge in [-0.2, -0.15) is 4.31 Å². The average molecular weight is 328 g/mol. The van der Waals surface area contributed by atoms with Crippen LogP contribution in [0.5, 0.6) is 0 Å². The summed E-state index contributed by atoms with van der Waals surface area (Å²) in [6.07, 6.45) is 2.06. The molecule has 22 heavy (non-hydrogen) atoms. The van der Waals surface area contributed by atoms with Gasteiger partial charge in [-0.15, -0.1) is 0 Å². The first-order valence-electron chi connectivity index (χ1n) is 7.59. The lowest BCUT2D eigenvalue weighted by atomic mass is 10.2. The zero-order valence-corrected chi connectivity index (χ0v) is 14.4. The first-order chi connectivity index (χ1) is 10.2. The van der Waals surface area contributed by atoms with E-state index in [0.29, 0.717) is 24.6 Å². The van der Waals surface area contributed by atoms with Crippen LogP contribution in [0.2, 0.25) is 0 Å². The third kappa shape index (κ3) is 3.49. The Morgan fingerprint density at radius 2 is 2.14 bits per heavy atom. The molecule has 0 saturated carbocycles. The number of hydrogen-bond acceptors (Lipinski definition) is 4. The summed E-state index contributed by atoms with van der Waals surface area (Å²) in [5.74, 6) is 0.716. The number of rotatable bonds is 5. The number of carbonyl (C=O) groups excluding carboxylic acids is 1. The van der Waals surface area contributed by atoms with Crippen LogP contribution in [0.25, 0.3) is 0 Å². The van der Waals surface area contributed by atoms with Gasteiger partial charge in [-0.1, -0.05) is 0 Å². The maximum Gasteiger partial charge on any atom is 0.226 e. The van der Waals surface area contributed by atoms with Gasteiger partial charge in [0.1, 0.15) is 5.82 Å². The van der Waals surface area contributed by atoms with E-state index < -0.39 is 10.0 Å². The molecular formula is C14H24N4O3S. The number of aromatic nitrogens is 2. The Hall–Kier alpha value is -1.41. The number of hydrogen-bond donors (Lipinski definition) is 1. The van der Waals surface area contributed by atoms with E-state index in [-0.39, 0.29) is 30.2 Å². The van der Waals surface area contributed by atoms with Gasteiger partial charge in [-0.25, -0.2) is 13.4 Å². The van der Waals surface area contributed by atoms with Crippen molar-refractivity contribution >= 4 is 15.9 Å². The van der Waals surface area contributed by atoms with Crippen molar-refractivity contribution in [3.63, 3.8) is 0 Å². The summed E-state index contributed by atoms with van der Waals surface area (Å²) in [7, 11) is -3.24. The van der Waals surface area contributed by atoms with Gasteiger partial charge < -0.3 is 9.88 Å². The van der Waals surface area contributed by atoms with Crippen LogP contribution < -0.4 is 5.32 Å². The standard InChI is InChI=1S/C14H24N4O3S/c1-5-22(20,21)18-7-6-17-9-12(16-14(17)11(18)4)8-13(19)15-10(2)3/h9-11H,5-8H2,1-4H3,(H,15,19). The van der Waals surface area contributed by atoms with E-state index in [1.807, 2.05) is 31.5 Å². The van der Waals surface area contributed by atoms with Gasteiger partial charge in [0.05, 0.1) is 23.9 Å². The molecule has 0 aromatic carbocycles. The highest BCUT2D eigenvalue weighted by molar-refractivity contribution is 7.89. The van der Waals surface area contributed by atoms with Crippen molar-refractivity contribution in [1.82, 2.24) is 19.2 Å². The van der Waals surface area contributed by atoms with Crippen LogP contribution >= 0.6 is 0 Å². The molecule has 0 bridgehead atoms. The van der Waals surface area contributed by atoms with E-state index >= 15 is 0 Å². The molecule has 1 N–H and O–H groups in total. The summed E-state index contributed by atoms with van der Waals surface area (Å²) in [5.41, 5.74) is 0.677. The molecule has 8 heteroatoms. The number of carbonyl (C=O) groups is 1. The fraction of sp³-hybridized carbons (Fsp3) is 0.714. The van der Waals surface area contributed by atoms with Crippen molar-refractivity contribution in [3.8, 4) is 0 Å². The number of amides is 1. The minimum atomic E-state index is -3.24. The molecule has 2 rings (SSSR count). The molecule has 0 aliphatic carbocycles. The molecule has 124 valence electrons.